The van der Waals surface area contributed by atoms with Gasteiger partial charge in [-0.1, -0.05) is 67.6 Å². The van der Waals surface area contributed by atoms with E-state index in [0.29, 0.717) is 16.2 Å². The van der Waals surface area contributed by atoms with Gasteiger partial charge in [-0.3, -0.25) is 0 Å². The third-order valence-electron chi connectivity index (χ3n) is 15.8. The van der Waals surface area contributed by atoms with Gasteiger partial charge >= 0.3 is 35.5 Å². The Kier molecular flexibility index (Phi) is 11.4. The van der Waals surface area contributed by atoms with Crippen LogP contribution in [0.25, 0.3) is 0 Å². The van der Waals surface area contributed by atoms with Gasteiger partial charge in [0, 0.05) is 31.6 Å². The number of fused-ring (bicyclic) bond motifs is 7. The van der Waals surface area contributed by atoms with Crippen LogP contribution in [0.1, 0.15) is 120 Å². The third-order valence-corrected chi connectivity index (χ3v) is 16.8. The van der Waals surface area contributed by atoms with E-state index in [0.717, 1.165) is 69.1 Å². The zero-order valence-corrected chi connectivity index (χ0v) is 30.6. The molecule has 6 aliphatic rings. The molecule has 1 saturated heterocycles. The number of carboxylic acid groups (broad SMARTS) is 1. The zero-order valence-electron chi connectivity index (χ0n) is 29.0. The van der Waals surface area contributed by atoms with E-state index >= 15 is 0 Å². The molecular weight excluding hydrogens is 610 g/mol. The number of hydrogen-bond donors (Lipinski definition) is 4. The van der Waals surface area contributed by atoms with Crippen LogP contribution in [-0.2, 0) is 4.79 Å². The normalized spacial score (nSPS) is 48.9. The van der Waals surface area contributed by atoms with Gasteiger partial charge in [0.2, 0.25) is 0 Å². The number of nitrogens with two attached hydrogens (primary N) is 1. The van der Waals surface area contributed by atoms with Crippen LogP contribution < -0.4 is 11.1 Å². The fraction of sp³-hybridized carbons (Fsp3) is 0.944. The van der Waals surface area contributed by atoms with Crippen molar-refractivity contribution in [1.82, 2.24) is 9.62 Å². The summed E-state index contributed by atoms with van der Waals surface area (Å²) in [6.07, 6.45) is 11.1. The number of piperazine rings is 1. The monoisotopic (exact) mass is 673 g/mol. The molecule has 6 nitrogen and oxygen atoms in total. The second-order valence-corrected chi connectivity index (χ2v) is 19.6. The quantitative estimate of drug-likeness (QED) is 0.146. The minimum atomic E-state index is -1.61. The SMILES string of the molecule is C[C@@H]1[C@H]2[C@H]3CC[C@@H]4[C@]5(C)[C@@H](CC[C@@]4(C)[C@]3(C)CC[C@@]2(C)CC[C@H]1C)C(C)(C)CCC5(O)C(=O)O.NC(=S)SN1CCNCC1.[NaH]. The van der Waals surface area contributed by atoms with Crippen LogP contribution in [0.15, 0.2) is 0 Å². The zero-order chi connectivity index (χ0) is 32.5. The van der Waals surface area contributed by atoms with E-state index < -0.39 is 17.0 Å². The van der Waals surface area contributed by atoms with Crippen molar-refractivity contribution >= 4 is 64.0 Å². The third kappa shape index (κ3) is 6.05. The first-order valence-electron chi connectivity index (χ1n) is 17.8. The topological polar surface area (TPSA) is 98.8 Å². The summed E-state index contributed by atoms with van der Waals surface area (Å²) in [7, 11) is 0. The van der Waals surface area contributed by atoms with Gasteiger partial charge < -0.3 is 21.3 Å². The van der Waals surface area contributed by atoms with E-state index in [1.165, 1.54) is 50.5 Å². The predicted molar refractivity (Wildman–Crippen MR) is 193 cm³/mol. The summed E-state index contributed by atoms with van der Waals surface area (Å²) in [6, 6.07) is 0. The van der Waals surface area contributed by atoms with Gasteiger partial charge in [-0.25, -0.2) is 9.10 Å². The number of carboxylic acids is 1. The first kappa shape index (κ1) is 38.4. The van der Waals surface area contributed by atoms with Crippen molar-refractivity contribution in [2.45, 2.75) is 125 Å². The predicted octanol–water partition coefficient (Wildman–Crippen LogP) is 6.69. The van der Waals surface area contributed by atoms with E-state index in [4.69, 9.17) is 18.0 Å². The minimum absolute atomic E-state index is 0. The van der Waals surface area contributed by atoms with E-state index in [2.05, 4.69) is 65.0 Å². The Labute approximate surface area is 306 Å². The molecule has 1 heterocycles. The van der Waals surface area contributed by atoms with E-state index in [1.54, 1.807) is 0 Å². The summed E-state index contributed by atoms with van der Waals surface area (Å²) < 4.78 is 2.70. The Morgan fingerprint density at radius 2 is 1.51 bits per heavy atom. The Morgan fingerprint density at radius 1 is 0.867 bits per heavy atom. The van der Waals surface area contributed by atoms with Gasteiger partial charge in [-0.2, -0.15) is 0 Å². The summed E-state index contributed by atoms with van der Waals surface area (Å²) >= 11 is 6.23. The number of hydrogen-bond acceptors (Lipinski definition) is 6. The number of nitrogens with zero attached hydrogens (tertiary/aromatic N) is 1. The summed E-state index contributed by atoms with van der Waals surface area (Å²) in [5.41, 5.74) is 4.02. The Balaban J connectivity index is 0.000000359. The first-order valence-corrected chi connectivity index (χ1v) is 18.9. The molecule has 0 aromatic carbocycles. The van der Waals surface area contributed by atoms with Crippen LogP contribution >= 0.6 is 24.2 Å². The fourth-order valence-corrected chi connectivity index (χ4v) is 13.8. The van der Waals surface area contributed by atoms with Gasteiger partial charge in [-0.15, -0.1) is 0 Å². The van der Waals surface area contributed by atoms with Crippen molar-refractivity contribution in [3.05, 3.63) is 0 Å². The van der Waals surface area contributed by atoms with Gasteiger partial charge in [0.25, 0.3) is 0 Å². The second-order valence-electron chi connectivity index (χ2n) is 17.7. The molecule has 0 radical (unpaired) electrons. The van der Waals surface area contributed by atoms with Crippen LogP contribution in [0.3, 0.4) is 0 Å². The summed E-state index contributed by atoms with van der Waals surface area (Å²) in [4.78, 5) is 12.7. The molecule has 254 valence electrons. The Morgan fingerprint density at radius 3 is 2.11 bits per heavy atom. The van der Waals surface area contributed by atoms with Crippen LogP contribution in [0.2, 0.25) is 0 Å². The summed E-state index contributed by atoms with van der Waals surface area (Å²) in [6.45, 7) is 23.8. The summed E-state index contributed by atoms with van der Waals surface area (Å²) in [5, 5.41) is 25.7. The molecule has 6 rings (SSSR count). The molecule has 9 heteroatoms. The van der Waals surface area contributed by atoms with Crippen LogP contribution in [0, 0.1) is 62.6 Å². The number of carbonyl (C=O) groups is 1. The number of thiocarbonyl (C=S) groups is 1. The molecule has 0 aromatic heterocycles. The molecule has 0 bridgehead atoms. The van der Waals surface area contributed by atoms with E-state index in [9.17, 15) is 15.0 Å². The van der Waals surface area contributed by atoms with Crippen molar-refractivity contribution in [2.24, 2.45) is 68.3 Å². The number of nitrogens with one attached hydrogen (secondary N) is 1. The fourth-order valence-electron chi connectivity index (χ4n) is 12.9. The van der Waals surface area contributed by atoms with Crippen molar-refractivity contribution in [3.8, 4) is 0 Å². The number of aliphatic carboxylic acids is 1. The number of aliphatic hydroxyl groups is 1. The molecule has 6 fully saturated rings. The molecule has 5 aliphatic carbocycles. The molecule has 0 aromatic rings. The van der Waals surface area contributed by atoms with Crippen molar-refractivity contribution in [2.75, 3.05) is 26.2 Å². The van der Waals surface area contributed by atoms with Crippen LogP contribution in [-0.4, -0.2) is 86.1 Å². The average Bonchev–Trinajstić information content (AvgIpc) is 2.94. The molecule has 11 atom stereocenters. The molecular formula is C36H64N3NaO3S2. The second kappa shape index (κ2) is 13.4. The Hall–Kier alpha value is 0.590. The number of rotatable bonds is 2. The van der Waals surface area contributed by atoms with Crippen molar-refractivity contribution in [3.63, 3.8) is 0 Å². The Bertz CT molecular complexity index is 1120. The molecule has 0 amide bonds. The summed E-state index contributed by atoms with van der Waals surface area (Å²) in [5.74, 6) is 2.62. The van der Waals surface area contributed by atoms with Crippen LogP contribution in [0.4, 0.5) is 0 Å². The van der Waals surface area contributed by atoms with Gasteiger partial charge in [0.05, 0.1) is 0 Å². The molecule has 0 spiro atoms. The van der Waals surface area contributed by atoms with Crippen molar-refractivity contribution in [1.29, 1.82) is 0 Å². The van der Waals surface area contributed by atoms with Gasteiger partial charge in [-0.05, 0) is 133 Å². The van der Waals surface area contributed by atoms with Gasteiger partial charge in [0.1, 0.15) is 4.32 Å². The first-order chi connectivity index (χ1) is 20.4. The maximum absolute atomic E-state index is 12.7. The standard InChI is InChI=1S/C31H52O3.C5H11N3S2.Na.H/c1-19-11-13-27(5)16-17-28(6)21(24(27)20(19)2)9-10-23-29(28,7)14-12-22-26(3,4)15-18-31(34,25(32)33)30(22,23)8;6-5(9)10-8-3-1-7-2-4-8;;/h19-24,34H,9-18H2,1-8H3,(H,32,33);7H,1-4H2,(H2,6,9);;/t19-,20+,21-,22+,23+,24+,27-,28-,29-,30+,31?;;;/m1.../s1. The molecule has 1 unspecified atom stereocenters. The van der Waals surface area contributed by atoms with Gasteiger partial charge in [0.15, 0.2) is 5.60 Å². The van der Waals surface area contributed by atoms with E-state index in [-0.39, 0.29) is 57.6 Å². The van der Waals surface area contributed by atoms with Crippen molar-refractivity contribution < 1.29 is 15.0 Å². The average molecular weight is 674 g/mol. The molecule has 1 aliphatic heterocycles. The maximum atomic E-state index is 12.7. The molecule has 5 N–H and O–H groups in total. The molecule has 5 saturated carbocycles. The van der Waals surface area contributed by atoms with E-state index in [1.807, 2.05) is 0 Å². The van der Waals surface area contributed by atoms with Crippen LogP contribution in [0.5, 0.6) is 0 Å². The molecule has 45 heavy (non-hydrogen) atoms.